The van der Waals surface area contributed by atoms with Gasteiger partial charge in [-0.05, 0) is 16.7 Å². The van der Waals surface area contributed by atoms with Crippen LogP contribution in [0.3, 0.4) is 0 Å². The second-order valence-electron chi connectivity index (χ2n) is 8.16. The number of aromatic nitrogens is 6. The number of phosphoric acid groups is 1. The fourth-order valence-corrected chi connectivity index (χ4v) is 6.37. The van der Waals surface area contributed by atoms with Crippen molar-refractivity contribution in [1.82, 2.24) is 30.2 Å². The number of nitrogens with zero attached hydrogens (tertiary/aromatic N) is 6. The minimum Gasteiger partial charge on any atom is -0.390 e. The molecule has 4 aromatic rings. The zero-order chi connectivity index (χ0) is 24.2. The smallest absolute Gasteiger partial charge is 0.390 e. The first-order chi connectivity index (χ1) is 17.0. The minimum absolute atomic E-state index is 0. The number of hydrogen-bond donors (Lipinski definition) is 1. The summed E-state index contributed by atoms with van der Waals surface area (Å²) in [6.07, 6.45) is 0.139. The van der Waals surface area contributed by atoms with Crippen molar-refractivity contribution in [3.8, 4) is 22.5 Å². The van der Waals surface area contributed by atoms with E-state index >= 15 is 0 Å². The van der Waals surface area contributed by atoms with Crippen LogP contribution in [-0.2, 0) is 30.5 Å². The van der Waals surface area contributed by atoms with Gasteiger partial charge in [0, 0.05) is 17.8 Å². The minimum atomic E-state index is -3.82. The van der Waals surface area contributed by atoms with Crippen molar-refractivity contribution in [3.63, 3.8) is 0 Å². The molecule has 7 rings (SSSR count). The molecule has 1 unspecified atom stereocenters. The van der Waals surface area contributed by atoms with Crippen LogP contribution in [0.5, 0.6) is 0 Å². The molecule has 1 fully saturated rings. The van der Waals surface area contributed by atoms with E-state index < -0.39 is 26.4 Å². The number of phosphoric ester groups is 1. The standard InChI is InChI=1S/C22H19ClN6O5P.K/c1-2-11-22-21-24-18(23)17(12-30)29(21)20(32-35(31,33-22)34-22)14-9-7-13(8-10-14)15-5-3-4-6-16(15)19-25-27-28-26-19;/h3-10,20,30H,2,11-12H2,1H3;/q-1;+1. The van der Waals surface area contributed by atoms with Gasteiger partial charge in [0.05, 0.1) is 12.3 Å². The molecule has 36 heavy (non-hydrogen) atoms. The molecule has 180 valence electrons. The van der Waals surface area contributed by atoms with Crippen molar-refractivity contribution >= 4 is 19.4 Å². The van der Waals surface area contributed by atoms with Gasteiger partial charge in [0.1, 0.15) is 0 Å². The molecule has 0 spiro atoms. The fraction of sp³-hybridized carbons (Fsp3) is 0.273. The number of hydrogen-bond acceptors (Lipinski definition) is 9. The van der Waals surface area contributed by atoms with Gasteiger partial charge in [0.15, 0.2) is 17.2 Å². The van der Waals surface area contributed by atoms with E-state index in [1.165, 1.54) is 0 Å². The Bertz CT molecular complexity index is 1440. The van der Waals surface area contributed by atoms with E-state index in [1.54, 1.807) is 4.57 Å². The van der Waals surface area contributed by atoms with Crippen LogP contribution in [0.1, 0.15) is 43.1 Å². The largest absolute Gasteiger partial charge is 1.00 e. The van der Waals surface area contributed by atoms with Crippen LogP contribution >= 0.6 is 19.4 Å². The molecule has 0 radical (unpaired) electrons. The fourth-order valence-electron chi connectivity index (χ4n) is 4.52. The molecule has 1 N–H and O–H groups in total. The van der Waals surface area contributed by atoms with Crippen molar-refractivity contribution in [2.75, 3.05) is 0 Å². The Labute approximate surface area is 253 Å². The third kappa shape index (κ3) is 4.28. The van der Waals surface area contributed by atoms with Gasteiger partial charge in [0.25, 0.3) is 0 Å². The molecule has 14 heteroatoms. The maximum absolute atomic E-state index is 13.1. The van der Waals surface area contributed by atoms with Crippen molar-refractivity contribution < 1.29 is 74.6 Å². The average Bonchev–Trinajstić information content (AvgIpc) is 3.46. The van der Waals surface area contributed by atoms with Crippen LogP contribution in [0, 0.1) is 0 Å². The Kier molecular flexibility index (Phi) is 7.40. The van der Waals surface area contributed by atoms with E-state index in [9.17, 15) is 9.67 Å². The number of aliphatic hydroxyl groups is 1. The summed E-state index contributed by atoms with van der Waals surface area (Å²) in [6.45, 7) is 1.55. The Morgan fingerprint density at radius 2 is 1.89 bits per heavy atom. The van der Waals surface area contributed by atoms with Crippen LogP contribution in [0.2, 0.25) is 5.15 Å². The molecule has 0 saturated carbocycles. The Balaban J connectivity index is 0.00000267. The molecule has 0 aliphatic carbocycles. The number of aliphatic hydroxyl groups excluding tert-OH is 1. The van der Waals surface area contributed by atoms with Gasteiger partial charge in [-0.15, -0.1) is 0 Å². The molecule has 3 aliphatic heterocycles. The van der Waals surface area contributed by atoms with Crippen molar-refractivity contribution in [2.45, 2.75) is 38.4 Å². The predicted octanol–water partition coefficient (Wildman–Crippen LogP) is 1.19. The third-order valence-electron chi connectivity index (χ3n) is 6.01. The SMILES string of the molecule is CCCC12OP(=O)(OC(c3ccc(-c4ccccc4-c4nnn[n-]4)cc3)n3c1nc(Cl)c3CO)O2.[K+]. The predicted molar refractivity (Wildman–Crippen MR) is 123 cm³/mol. The summed E-state index contributed by atoms with van der Waals surface area (Å²) in [5, 5.41) is 25.2. The summed E-state index contributed by atoms with van der Waals surface area (Å²) in [5.41, 5.74) is 3.53. The van der Waals surface area contributed by atoms with E-state index in [-0.39, 0.29) is 56.5 Å². The molecule has 1 saturated heterocycles. The number of imidazole rings is 1. The van der Waals surface area contributed by atoms with Gasteiger partial charge in [-0.1, -0.05) is 73.5 Å². The Hall–Kier alpha value is -1.28. The van der Waals surface area contributed by atoms with E-state index in [4.69, 9.17) is 25.2 Å². The summed E-state index contributed by atoms with van der Waals surface area (Å²) >= 11 is 6.34. The van der Waals surface area contributed by atoms with E-state index in [2.05, 4.69) is 25.6 Å². The first-order valence-electron chi connectivity index (χ1n) is 10.9. The second-order valence-corrected chi connectivity index (χ2v) is 9.99. The van der Waals surface area contributed by atoms with Gasteiger partial charge in [-0.2, -0.15) is 5.21 Å². The maximum Gasteiger partial charge on any atom is 1.00 e. The summed E-state index contributed by atoms with van der Waals surface area (Å²) in [6, 6.07) is 15.1. The topological polar surface area (TPSA) is 136 Å². The van der Waals surface area contributed by atoms with Gasteiger partial charge >= 0.3 is 59.2 Å². The van der Waals surface area contributed by atoms with Crippen LogP contribution in [-0.4, -0.2) is 30.2 Å². The number of halogens is 1. The zero-order valence-corrected chi connectivity index (χ0v) is 24.2. The Morgan fingerprint density at radius 3 is 2.53 bits per heavy atom. The molecular weight excluding hydrogens is 534 g/mol. The summed E-state index contributed by atoms with van der Waals surface area (Å²) < 4.78 is 32.0. The quantitative estimate of drug-likeness (QED) is 0.274. The Morgan fingerprint density at radius 1 is 1.17 bits per heavy atom. The van der Waals surface area contributed by atoms with Crippen LogP contribution in [0.4, 0.5) is 0 Å². The molecular formula is C22H19ClKN6O5P. The second kappa shape index (κ2) is 10.1. The number of tetrazole rings is 1. The molecule has 2 bridgehead atoms. The van der Waals surface area contributed by atoms with Crippen molar-refractivity contribution in [1.29, 1.82) is 0 Å². The third-order valence-corrected chi connectivity index (χ3v) is 7.80. The van der Waals surface area contributed by atoms with Crippen LogP contribution in [0.25, 0.3) is 22.5 Å². The average molecular weight is 553 g/mol. The molecule has 3 aliphatic rings. The first-order valence-corrected chi connectivity index (χ1v) is 12.8. The summed E-state index contributed by atoms with van der Waals surface area (Å²) in [4.78, 5) is 4.40. The monoisotopic (exact) mass is 552 g/mol. The number of fused-ring (bicyclic) bond motifs is 1. The normalized spacial score (nSPS) is 24.4. The maximum atomic E-state index is 13.1. The molecule has 0 amide bonds. The molecule has 2 aromatic carbocycles. The van der Waals surface area contributed by atoms with E-state index in [0.717, 1.165) is 16.7 Å². The number of benzene rings is 2. The number of rotatable bonds is 6. The first kappa shape index (κ1) is 26.3. The van der Waals surface area contributed by atoms with Crippen LogP contribution in [0.15, 0.2) is 48.5 Å². The van der Waals surface area contributed by atoms with Gasteiger partial charge in [-0.3, -0.25) is 19.4 Å². The van der Waals surface area contributed by atoms with Crippen molar-refractivity contribution in [2.24, 2.45) is 0 Å². The van der Waals surface area contributed by atoms with Gasteiger partial charge < -0.3 is 10.2 Å². The van der Waals surface area contributed by atoms with E-state index in [0.29, 0.717) is 35.7 Å². The molecule has 5 heterocycles. The molecule has 2 aromatic heterocycles. The van der Waals surface area contributed by atoms with Gasteiger partial charge in [0.2, 0.25) is 5.79 Å². The van der Waals surface area contributed by atoms with Crippen LogP contribution < -0.4 is 56.5 Å². The molecule has 1 atom stereocenters. The molecule has 11 nitrogen and oxygen atoms in total. The van der Waals surface area contributed by atoms with Gasteiger partial charge in [-0.25, -0.2) is 18.6 Å². The van der Waals surface area contributed by atoms with E-state index in [1.807, 2.05) is 55.5 Å². The zero-order valence-electron chi connectivity index (χ0n) is 19.4. The summed E-state index contributed by atoms with van der Waals surface area (Å²) in [5.74, 6) is -0.600. The van der Waals surface area contributed by atoms with Crippen molar-refractivity contribution in [3.05, 3.63) is 70.8 Å². The summed E-state index contributed by atoms with van der Waals surface area (Å²) in [7, 11) is -3.82.